The summed E-state index contributed by atoms with van der Waals surface area (Å²) in [5, 5.41) is 9.05. The normalized spacial score (nSPS) is 10.9. The van der Waals surface area contributed by atoms with E-state index in [1.165, 1.54) is 0 Å². The average Bonchev–Trinajstić information content (AvgIpc) is 2.48. The van der Waals surface area contributed by atoms with Gasteiger partial charge in [0.15, 0.2) is 0 Å². The molecule has 2 rings (SSSR count). The molecule has 0 atom stereocenters. The molecule has 0 amide bonds. The Morgan fingerprint density at radius 2 is 1.71 bits per heavy atom. The summed E-state index contributed by atoms with van der Waals surface area (Å²) in [4.78, 5) is 0. The molecule has 0 bridgehead atoms. The number of nitrogens with two attached hydrogens (primary N) is 1. The number of hydrogen-bond acceptors (Lipinski definition) is 3. The molecule has 2 aromatic rings. The number of nitrogen functional groups attached to an aromatic ring is 1. The average molecular weight is 285 g/mol. The van der Waals surface area contributed by atoms with Crippen molar-refractivity contribution in [1.29, 1.82) is 0 Å². The molecule has 0 radical (unpaired) electrons. The monoisotopic (exact) mass is 285 g/mol. The summed E-state index contributed by atoms with van der Waals surface area (Å²) in [7, 11) is 0. The molecule has 0 aromatic heterocycles. The standard InChI is InChI=1S/C18H23NO2/c1-12(2)16-9-17(19)13(3)8-18(16)21-11-15-6-4-14(10-20)5-7-15/h4-9,12,20H,10-11,19H2,1-3H3. The van der Waals surface area contributed by atoms with E-state index in [0.717, 1.165) is 33.7 Å². The third kappa shape index (κ3) is 3.76. The van der Waals surface area contributed by atoms with Gasteiger partial charge in [0.25, 0.3) is 0 Å². The van der Waals surface area contributed by atoms with Crippen molar-refractivity contribution < 1.29 is 9.84 Å². The van der Waals surface area contributed by atoms with E-state index >= 15 is 0 Å². The highest BCUT2D eigenvalue weighted by Crippen LogP contribution is 2.31. The lowest BCUT2D eigenvalue weighted by Gasteiger charge is -2.16. The van der Waals surface area contributed by atoms with Gasteiger partial charge in [-0.05, 0) is 47.2 Å². The molecule has 3 N–H and O–H groups in total. The van der Waals surface area contributed by atoms with Crippen molar-refractivity contribution in [2.24, 2.45) is 0 Å². The second-order valence-electron chi connectivity index (χ2n) is 5.66. The lowest BCUT2D eigenvalue weighted by molar-refractivity contribution is 0.281. The van der Waals surface area contributed by atoms with Crippen molar-refractivity contribution in [3.63, 3.8) is 0 Å². The van der Waals surface area contributed by atoms with Gasteiger partial charge in [0.1, 0.15) is 12.4 Å². The summed E-state index contributed by atoms with van der Waals surface area (Å²) in [5.41, 5.74) is 10.9. The molecule has 3 nitrogen and oxygen atoms in total. The van der Waals surface area contributed by atoms with Crippen LogP contribution in [-0.4, -0.2) is 5.11 Å². The van der Waals surface area contributed by atoms with Crippen LogP contribution in [0, 0.1) is 6.92 Å². The van der Waals surface area contributed by atoms with Crippen molar-refractivity contribution in [1.82, 2.24) is 0 Å². The minimum atomic E-state index is 0.0653. The number of hydrogen-bond donors (Lipinski definition) is 2. The van der Waals surface area contributed by atoms with Crippen LogP contribution in [0.5, 0.6) is 5.75 Å². The van der Waals surface area contributed by atoms with E-state index in [1.807, 2.05) is 43.3 Å². The van der Waals surface area contributed by atoms with Crippen molar-refractivity contribution in [2.75, 3.05) is 5.73 Å². The first kappa shape index (κ1) is 15.4. The maximum Gasteiger partial charge on any atom is 0.123 e. The molecule has 0 aliphatic carbocycles. The molecule has 0 unspecified atom stereocenters. The van der Waals surface area contributed by atoms with Crippen LogP contribution in [0.1, 0.15) is 42.0 Å². The summed E-state index contributed by atoms with van der Waals surface area (Å²) in [6.45, 7) is 6.83. The van der Waals surface area contributed by atoms with E-state index < -0.39 is 0 Å². The van der Waals surface area contributed by atoms with Gasteiger partial charge in [0.05, 0.1) is 6.61 Å². The van der Waals surface area contributed by atoms with Crippen molar-refractivity contribution in [2.45, 2.75) is 39.9 Å². The molecule has 0 saturated heterocycles. The molecule has 0 heterocycles. The predicted molar refractivity (Wildman–Crippen MR) is 86.4 cm³/mol. The van der Waals surface area contributed by atoms with Gasteiger partial charge in [0.2, 0.25) is 0 Å². The predicted octanol–water partition coefficient (Wildman–Crippen LogP) is 3.77. The molecule has 0 saturated carbocycles. The van der Waals surface area contributed by atoms with Crippen LogP contribution in [0.4, 0.5) is 5.69 Å². The fourth-order valence-corrected chi connectivity index (χ4v) is 2.19. The van der Waals surface area contributed by atoms with Crippen LogP contribution in [0.2, 0.25) is 0 Å². The van der Waals surface area contributed by atoms with Crippen LogP contribution in [0.15, 0.2) is 36.4 Å². The summed E-state index contributed by atoms with van der Waals surface area (Å²) < 4.78 is 5.98. The molecular formula is C18H23NO2. The highest BCUT2D eigenvalue weighted by atomic mass is 16.5. The summed E-state index contributed by atoms with van der Waals surface area (Å²) >= 11 is 0. The fourth-order valence-electron chi connectivity index (χ4n) is 2.19. The molecule has 0 fully saturated rings. The molecule has 0 aliphatic heterocycles. The number of aryl methyl sites for hydroxylation is 1. The molecule has 112 valence electrons. The van der Waals surface area contributed by atoms with Crippen molar-refractivity contribution in [3.8, 4) is 5.75 Å². The van der Waals surface area contributed by atoms with Crippen LogP contribution < -0.4 is 10.5 Å². The van der Waals surface area contributed by atoms with Crippen LogP contribution >= 0.6 is 0 Å². The minimum Gasteiger partial charge on any atom is -0.489 e. The fraction of sp³-hybridized carbons (Fsp3) is 0.333. The molecule has 0 spiro atoms. The second-order valence-corrected chi connectivity index (χ2v) is 5.66. The van der Waals surface area contributed by atoms with E-state index in [-0.39, 0.29) is 6.61 Å². The van der Waals surface area contributed by atoms with Crippen molar-refractivity contribution in [3.05, 3.63) is 58.7 Å². The maximum absolute atomic E-state index is 9.05. The number of rotatable bonds is 5. The Morgan fingerprint density at radius 3 is 2.29 bits per heavy atom. The zero-order chi connectivity index (χ0) is 15.4. The Balaban J connectivity index is 2.16. The summed E-state index contributed by atoms with van der Waals surface area (Å²) in [5.74, 6) is 1.25. The van der Waals surface area contributed by atoms with Gasteiger partial charge in [0, 0.05) is 5.69 Å². The SMILES string of the molecule is Cc1cc(OCc2ccc(CO)cc2)c(C(C)C)cc1N. The van der Waals surface area contributed by atoms with Crippen LogP contribution in [0.3, 0.4) is 0 Å². The summed E-state index contributed by atoms with van der Waals surface area (Å²) in [6, 6.07) is 11.8. The first-order chi connectivity index (χ1) is 10.0. The highest BCUT2D eigenvalue weighted by Gasteiger charge is 2.11. The van der Waals surface area contributed by atoms with E-state index in [2.05, 4.69) is 13.8 Å². The number of ether oxygens (including phenoxy) is 1. The third-order valence-electron chi connectivity index (χ3n) is 3.62. The zero-order valence-corrected chi connectivity index (χ0v) is 12.9. The first-order valence-electron chi connectivity index (χ1n) is 7.22. The molecule has 21 heavy (non-hydrogen) atoms. The van der Waals surface area contributed by atoms with Gasteiger partial charge in [-0.2, -0.15) is 0 Å². The highest BCUT2D eigenvalue weighted by molar-refractivity contribution is 5.55. The van der Waals surface area contributed by atoms with Gasteiger partial charge in [-0.1, -0.05) is 38.1 Å². The van der Waals surface area contributed by atoms with E-state index in [4.69, 9.17) is 15.6 Å². The third-order valence-corrected chi connectivity index (χ3v) is 3.62. The second kappa shape index (κ2) is 6.64. The van der Waals surface area contributed by atoms with Crippen molar-refractivity contribution >= 4 is 5.69 Å². The van der Waals surface area contributed by atoms with Crippen LogP contribution in [0.25, 0.3) is 0 Å². The first-order valence-corrected chi connectivity index (χ1v) is 7.22. The maximum atomic E-state index is 9.05. The topological polar surface area (TPSA) is 55.5 Å². The Kier molecular flexibility index (Phi) is 4.86. The van der Waals surface area contributed by atoms with E-state index in [9.17, 15) is 0 Å². The van der Waals surface area contributed by atoms with Gasteiger partial charge in [-0.25, -0.2) is 0 Å². The zero-order valence-electron chi connectivity index (χ0n) is 12.9. The van der Waals surface area contributed by atoms with E-state index in [0.29, 0.717) is 12.5 Å². The van der Waals surface area contributed by atoms with E-state index in [1.54, 1.807) is 0 Å². The van der Waals surface area contributed by atoms with Gasteiger partial charge in [-0.15, -0.1) is 0 Å². The molecule has 2 aromatic carbocycles. The minimum absolute atomic E-state index is 0.0653. The lowest BCUT2D eigenvalue weighted by Crippen LogP contribution is -2.02. The number of anilines is 1. The Bertz CT molecular complexity index is 603. The smallest absolute Gasteiger partial charge is 0.123 e. The Hall–Kier alpha value is -2.00. The van der Waals surface area contributed by atoms with Gasteiger partial charge < -0.3 is 15.6 Å². The Morgan fingerprint density at radius 1 is 1.10 bits per heavy atom. The van der Waals surface area contributed by atoms with Gasteiger partial charge in [-0.3, -0.25) is 0 Å². The summed E-state index contributed by atoms with van der Waals surface area (Å²) in [6.07, 6.45) is 0. The van der Waals surface area contributed by atoms with Gasteiger partial charge >= 0.3 is 0 Å². The number of aliphatic hydroxyl groups is 1. The van der Waals surface area contributed by atoms with Crippen LogP contribution in [-0.2, 0) is 13.2 Å². The molecular weight excluding hydrogens is 262 g/mol. The quantitative estimate of drug-likeness (QED) is 0.822. The lowest BCUT2D eigenvalue weighted by atomic mass is 9.99. The largest absolute Gasteiger partial charge is 0.489 e. The molecule has 3 heteroatoms. The number of aliphatic hydroxyl groups excluding tert-OH is 1. The number of benzene rings is 2. The molecule has 0 aliphatic rings. The Labute approximate surface area is 126 Å².